The zero-order valence-corrected chi connectivity index (χ0v) is 9.92. The van der Waals surface area contributed by atoms with E-state index in [0.717, 1.165) is 0 Å². The van der Waals surface area contributed by atoms with Crippen LogP contribution in [0.3, 0.4) is 0 Å². The largest absolute Gasteiger partial charge is 0.488 e. The molecular formula is C11H12BrFO2. The fraction of sp³-hybridized carbons (Fsp3) is 0.273. The van der Waals surface area contributed by atoms with Crippen LogP contribution in [0.1, 0.15) is 18.6 Å². The molecule has 0 unspecified atom stereocenters. The van der Waals surface area contributed by atoms with E-state index in [4.69, 9.17) is 4.74 Å². The van der Waals surface area contributed by atoms with Gasteiger partial charge in [-0.05, 0) is 19.1 Å². The van der Waals surface area contributed by atoms with Crippen molar-refractivity contribution in [3.63, 3.8) is 0 Å². The number of rotatable bonds is 4. The maximum Gasteiger partial charge on any atom is 0.132 e. The molecule has 0 amide bonds. The Morgan fingerprint density at radius 3 is 2.80 bits per heavy atom. The molecular weight excluding hydrogens is 263 g/mol. The lowest BCUT2D eigenvalue weighted by molar-refractivity contribution is 0.194. The third-order valence-electron chi connectivity index (χ3n) is 1.82. The summed E-state index contributed by atoms with van der Waals surface area (Å²) >= 11 is 3.13. The first-order valence-electron chi connectivity index (χ1n) is 4.44. The summed E-state index contributed by atoms with van der Waals surface area (Å²) in [4.78, 5) is 0. The van der Waals surface area contributed by atoms with Gasteiger partial charge in [0, 0.05) is 16.1 Å². The summed E-state index contributed by atoms with van der Waals surface area (Å²) in [6.07, 6.45) is -0.815. The van der Waals surface area contributed by atoms with E-state index in [2.05, 4.69) is 22.5 Å². The average molecular weight is 275 g/mol. The summed E-state index contributed by atoms with van der Waals surface area (Å²) < 4.78 is 19.2. The molecule has 1 N–H and O–H groups in total. The summed E-state index contributed by atoms with van der Waals surface area (Å²) in [5.41, 5.74) is 0.264. The molecule has 0 spiro atoms. The van der Waals surface area contributed by atoms with Gasteiger partial charge in [0.15, 0.2) is 0 Å². The van der Waals surface area contributed by atoms with E-state index in [1.54, 1.807) is 6.07 Å². The van der Waals surface area contributed by atoms with Gasteiger partial charge in [-0.2, -0.15) is 0 Å². The lowest BCUT2D eigenvalue weighted by Gasteiger charge is -2.09. The maximum absolute atomic E-state index is 13.4. The highest BCUT2D eigenvalue weighted by atomic mass is 79.9. The Bertz CT molecular complexity index is 364. The van der Waals surface area contributed by atoms with Crippen LogP contribution < -0.4 is 4.74 Å². The monoisotopic (exact) mass is 274 g/mol. The van der Waals surface area contributed by atoms with Crippen LogP contribution in [0.2, 0.25) is 0 Å². The molecule has 4 heteroatoms. The van der Waals surface area contributed by atoms with Crippen molar-refractivity contribution in [2.75, 3.05) is 6.61 Å². The van der Waals surface area contributed by atoms with E-state index in [1.807, 2.05) is 0 Å². The molecule has 0 radical (unpaired) electrons. The number of halogens is 2. The molecule has 0 saturated carbocycles. The Hall–Kier alpha value is -0.870. The molecule has 0 aliphatic heterocycles. The number of ether oxygens (including phenoxy) is 1. The molecule has 82 valence electrons. The SMILES string of the molecule is C=C(Br)COc1ccc([C@@H](C)O)c(F)c1. The van der Waals surface area contributed by atoms with Gasteiger partial charge in [-0.15, -0.1) is 0 Å². The van der Waals surface area contributed by atoms with Crippen molar-refractivity contribution in [3.8, 4) is 5.75 Å². The Morgan fingerprint density at radius 1 is 1.67 bits per heavy atom. The molecule has 1 atom stereocenters. The summed E-state index contributed by atoms with van der Waals surface area (Å²) in [6, 6.07) is 4.37. The molecule has 0 fully saturated rings. The van der Waals surface area contributed by atoms with Crippen LogP contribution in [0.25, 0.3) is 0 Å². The second kappa shape index (κ2) is 5.28. The van der Waals surface area contributed by atoms with Crippen molar-refractivity contribution in [1.82, 2.24) is 0 Å². The fourth-order valence-electron chi connectivity index (χ4n) is 1.10. The second-order valence-electron chi connectivity index (χ2n) is 3.17. The number of hydrogen-bond donors (Lipinski definition) is 1. The van der Waals surface area contributed by atoms with Crippen LogP contribution in [0, 0.1) is 5.82 Å². The number of benzene rings is 1. The van der Waals surface area contributed by atoms with Crippen molar-refractivity contribution in [1.29, 1.82) is 0 Å². The van der Waals surface area contributed by atoms with Crippen molar-refractivity contribution in [2.45, 2.75) is 13.0 Å². The number of aliphatic hydroxyl groups is 1. The molecule has 0 aliphatic carbocycles. The average Bonchev–Trinajstić information content (AvgIpc) is 2.14. The van der Waals surface area contributed by atoms with E-state index < -0.39 is 11.9 Å². The molecule has 1 aromatic rings. The molecule has 0 aliphatic rings. The van der Waals surface area contributed by atoms with Crippen molar-refractivity contribution < 1.29 is 14.2 Å². The molecule has 0 saturated heterocycles. The quantitative estimate of drug-likeness (QED) is 0.914. The predicted molar refractivity (Wildman–Crippen MR) is 60.6 cm³/mol. The van der Waals surface area contributed by atoms with E-state index >= 15 is 0 Å². The van der Waals surface area contributed by atoms with Gasteiger partial charge in [0.2, 0.25) is 0 Å². The van der Waals surface area contributed by atoms with E-state index in [-0.39, 0.29) is 12.2 Å². The second-order valence-corrected chi connectivity index (χ2v) is 4.29. The van der Waals surface area contributed by atoms with E-state index in [1.165, 1.54) is 19.1 Å². The van der Waals surface area contributed by atoms with Crippen LogP contribution >= 0.6 is 15.9 Å². The van der Waals surface area contributed by atoms with Gasteiger partial charge in [0.25, 0.3) is 0 Å². The van der Waals surface area contributed by atoms with Crippen molar-refractivity contribution >= 4 is 15.9 Å². The van der Waals surface area contributed by atoms with Crippen LogP contribution in [-0.4, -0.2) is 11.7 Å². The highest BCUT2D eigenvalue weighted by Crippen LogP contribution is 2.22. The summed E-state index contributed by atoms with van der Waals surface area (Å²) in [7, 11) is 0. The van der Waals surface area contributed by atoms with Gasteiger partial charge in [-0.25, -0.2) is 4.39 Å². The first-order valence-corrected chi connectivity index (χ1v) is 5.23. The molecule has 0 heterocycles. The van der Waals surface area contributed by atoms with Crippen LogP contribution in [0.5, 0.6) is 5.75 Å². The number of hydrogen-bond acceptors (Lipinski definition) is 2. The predicted octanol–water partition coefficient (Wildman–Crippen LogP) is 3.17. The summed E-state index contributed by atoms with van der Waals surface area (Å²) in [6.45, 7) is 5.39. The maximum atomic E-state index is 13.4. The Kier molecular flexibility index (Phi) is 4.29. The van der Waals surface area contributed by atoms with Gasteiger partial charge in [-0.1, -0.05) is 22.5 Å². The van der Waals surface area contributed by atoms with Gasteiger partial charge in [0.05, 0.1) is 6.10 Å². The molecule has 2 nitrogen and oxygen atoms in total. The minimum Gasteiger partial charge on any atom is -0.488 e. The third kappa shape index (κ3) is 3.64. The lowest BCUT2D eigenvalue weighted by Crippen LogP contribution is -1.99. The normalized spacial score (nSPS) is 12.3. The van der Waals surface area contributed by atoms with Crippen LogP contribution in [0.15, 0.2) is 29.3 Å². The highest BCUT2D eigenvalue weighted by Gasteiger charge is 2.08. The van der Waals surface area contributed by atoms with Gasteiger partial charge in [0.1, 0.15) is 18.2 Å². The van der Waals surface area contributed by atoms with Gasteiger partial charge in [-0.3, -0.25) is 0 Å². The minimum absolute atomic E-state index is 0.264. The zero-order chi connectivity index (χ0) is 11.4. The first-order chi connectivity index (χ1) is 7.00. The molecule has 15 heavy (non-hydrogen) atoms. The molecule has 1 aromatic carbocycles. The topological polar surface area (TPSA) is 29.5 Å². The highest BCUT2D eigenvalue weighted by molar-refractivity contribution is 9.11. The Labute approximate surface area is 96.5 Å². The Balaban J connectivity index is 2.77. The molecule has 0 bridgehead atoms. The first kappa shape index (κ1) is 12.2. The fourth-order valence-corrected chi connectivity index (χ4v) is 1.21. The lowest BCUT2D eigenvalue weighted by atomic mass is 10.1. The van der Waals surface area contributed by atoms with E-state index in [9.17, 15) is 9.50 Å². The van der Waals surface area contributed by atoms with Gasteiger partial charge < -0.3 is 9.84 Å². The van der Waals surface area contributed by atoms with E-state index in [0.29, 0.717) is 10.2 Å². The van der Waals surface area contributed by atoms with Crippen LogP contribution in [-0.2, 0) is 0 Å². The molecule has 0 aromatic heterocycles. The minimum atomic E-state index is -0.815. The van der Waals surface area contributed by atoms with Crippen molar-refractivity contribution in [2.24, 2.45) is 0 Å². The standard InChI is InChI=1S/C11H12BrFO2/c1-7(12)6-15-9-3-4-10(8(2)14)11(13)5-9/h3-5,8,14H,1,6H2,2H3/t8-/m1/s1. The number of aliphatic hydroxyl groups excluding tert-OH is 1. The van der Waals surface area contributed by atoms with Gasteiger partial charge >= 0.3 is 0 Å². The Morgan fingerprint density at radius 2 is 2.33 bits per heavy atom. The summed E-state index contributed by atoms with van der Waals surface area (Å²) in [5.74, 6) is -0.0554. The zero-order valence-electron chi connectivity index (χ0n) is 8.34. The third-order valence-corrected chi connectivity index (χ3v) is 2.05. The molecule has 1 rings (SSSR count). The summed E-state index contributed by atoms with van der Waals surface area (Å²) in [5, 5.41) is 9.21. The van der Waals surface area contributed by atoms with Crippen molar-refractivity contribution in [3.05, 3.63) is 40.6 Å². The van der Waals surface area contributed by atoms with Crippen LogP contribution in [0.4, 0.5) is 4.39 Å². The smallest absolute Gasteiger partial charge is 0.132 e.